The molecule has 1 atom stereocenters. The molecular formula is C18H24N4O3S2. The van der Waals surface area contributed by atoms with E-state index in [2.05, 4.69) is 15.3 Å². The molecule has 3 heterocycles. The van der Waals surface area contributed by atoms with Gasteiger partial charge < -0.3 is 10.1 Å². The van der Waals surface area contributed by atoms with Gasteiger partial charge in [-0.15, -0.1) is 11.3 Å². The Bertz CT molecular complexity index is 894. The van der Waals surface area contributed by atoms with Crippen molar-refractivity contribution >= 4 is 32.3 Å². The van der Waals surface area contributed by atoms with E-state index < -0.39 is 10.0 Å². The molecule has 0 unspecified atom stereocenters. The highest BCUT2D eigenvalue weighted by Gasteiger charge is 2.37. The maximum Gasteiger partial charge on any atom is 0.217 e. The molecule has 7 nitrogen and oxygen atoms in total. The second-order valence-corrected chi connectivity index (χ2v) is 10.1. The summed E-state index contributed by atoms with van der Waals surface area (Å²) < 4.78 is 33.3. The fourth-order valence-electron chi connectivity index (χ4n) is 3.65. The van der Waals surface area contributed by atoms with Crippen LogP contribution in [0, 0.1) is 6.92 Å². The molecule has 4 rings (SSSR count). The summed E-state index contributed by atoms with van der Waals surface area (Å²) in [5.41, 5.74) is 1.70. The van der Waals surface area contributed by atoms with Crippen molar-refractivity contribution in [3.05, 3.63) is 35.0 Å². The van der Waals surface area contributed by atoms with Gasteiger partial charge in [0.25, 0.3) is 0 Å². The minimum Gasteiger partial charge on any atom is -0.369 e. The van der Waals surface area contributed by atoms with Gasteiger partial charge in [-0.25, -0.2) is 18.4 Å². The molecule has 0 spiro atoms. The third-order valence-corrected chi connectivity index (χ3v) is 8.31. The first kappa shape index (κ1) is 18.8. The van der Waals surface area contributed by atoms with Gasteiger partial charge in [-0.2, -0.15) is 4.31 Å². The molecule has 2 aliphatic rings. The van der Waals surface area contributed by atoms with Gasteiger partial charge in [0.1, 0.15) is 11.9 Å². The summed E-state index contributed by atoms with van der Waals surface area (Å²) in [6, 6.07) is 5.66. The molecule has 2 fully saturated rings. The van der Waals surface area contributed by atoms with E-state index in [4.69, 9.17) is 4.74 Å². The van der Waals surface area contributed by atoms with Gasteiger partial charge in [0, 0.05) is 18.5 Å². The second-order valence-electron chi connectivity index (χ2n) is 7.04. The van der Waals surface area contributed by atoms with Crippen LogP contribution >= 0.6 is 11.3 Å². The molecule has 2 aromatic heterocycles. The first-order chi connectivity index (χ1) is 13.0. The zero-order chi connectivity index (χ0) is 18.9. The van der Waals surface area contributed by atoms with Gasteiger partial charge in [0.2, 0.25) is 10.0 Å². The molecule has 27 heavy (non-hydrogen) atoms. The van der Waals surface area contributed by atoms with E-state index in [0.717, 1.165) is 42.2 Å². The Hall–Kier alpha value is -1.55. The van der Waals surface area contributed by atoms with Crippen molar-refractivity contribution in [2.45, 2.75) is 44.0 Å². The van der Waals surface area contributed by atoms with Crippen molar-refractivity contribution in [1.82, 2.24) is 14.3 Å². The summed E-state index contributed by atoms with van der Waals surface area (Å²) in [4.78, 5) is 9.01. The Labute approximate surface area is 163 Å². The van der Waals surface area contributed by atoms with Crippen molar-refractivity contribution in [3.63, 3.8) is 0 Å². The average molecular weight is 409 g/mol. The molecule has 146 valence electrons. The van der Waals surface area contributed by atoms with Crippen LogP contribution in [0.4, 0.5) is 10.9 Å². The quantitative estimate of drug-likeness (QED) is 0.818. The summed E-state index contributed by atoms with van der Waals surface area (Å²) >= 11 is 1.52. The molecule has 9 heteroatoms. The lowest BCUT2D eigenvalue weighted by atomic mass is 10.2. The smallest absolute Gasteiger partial charge is 0.217 e. The van der Waals surface area contributed by atoms with Crippen LogP contribution in [0.25, 0.3) is 0 Å². The lowest BCUT2D eigenvalue weighted by molar-refractivity contribution is -0.00512. The minimum atomic E-state index is -3.26. The predicted molar refractivity (Wildman–Crippen MR) is 106 cm³/mol. The Kier molecular flexibility index (Phi) is 5.45. The Morgan fingerprint density at radius 3 is 2.81 bits per heavy atom. The van der Waals surface area contributed by atoms with E-state index in [1.54, 1.807) is 4.31 Å². The molecule has 2 aromatic rings. The molecule has 1 N–H and O–H groups in total. The number of pyridine rings is 1. The highest BCUT2D eigenvalue weighted by Crippen LogP contribution is 2.31. The number of hydrogen-bond donors (Lipinski definition) is 1. The first-order valence-electron chi connectivity index (χ1n) is 9.29. The van der Waals surface area contributed by atoms with Crippen molar-refractivity contribution in [1.29, 1.82) is 0 Å². The van der Waals surface area contributed by atoms with Gasteiger partial charge in [-0.3, -0.25) is 0 Å². The Morgan fingerprint density at radius 2 is 2.07 bits per heavy atom. The number of sulfonamides is 1. The fourth-order valence-corrected chi connectivity index (χ4v) is 6.37. The topological polar surface area (TPSA) is 84.4 Å². The summed E-state index contributed by atoms with van der Waals surface area (Å²) in [5.74, 6) is 0.682. The van der Waals surface area contributed by atoms with Crippen LogP contribution in [0.2, 0.25) is 0 Å². The maximum atomic E-state index is 12.9. The molecule has 0 radical (unpaired) electrons. The van der Waals surface area contributed by atoms with E-state index in [1.165, 1.54) is 11.3 Å². The number of morpholine rings is 1. The Morgan fingerprint density at radius 1 is 1.26 bits per heavy atom. The van der Waals surface area contributed by atoms with Crippen LogP contribution in [-0.2, 0) is 14.8 Å². The lowest BCUT2D eigenvalue weighted by Crippen LogP contribution is -2.45. The normalized spacial score (nSPS) is 22.2. The number of anilines is 2. The van der Waals surface area contributed by atoms with Gasteiger partial charge in [-0.05, 0) is 31.9 Å². The summed E-state index contributed by atoms with van der Waals surface area (Å²) in [5, 5.41) is 5.73. The van der Waals surface area contributed by atoms with Gasteiger partial charge in [-0.1, -0.05) is 18.9 Å². The van der Waals surface area contributed by atoms with Crippen LogP contribution < -0.4 is 5.32 Å². The number of rotatable bonds is 5. The zero-order valence-electron chi connectivity index (χ0n) is 15.3. The first-order valence-corrected chi connectivity index (χ1v) is 11.7. The number of nitrogens with one attached hydrogen (secondary N) is 1. The third-order valence-electron chi connectivity index (χ3n) is 5.07. The SMILES string of the molecule is Cc1csc(Nc2cccc([C@@H]3CN(S(=O)(=O)C4CCCC4)CCO3)n2)n1. The average Bonchev–Trinajstić information content (AvgIpc) is 3.34. The van der Waals surface area contributed by atoms with Crippen LogP contribution in [0.1, 0.15) is 43.2 Å². The van der Waals surface area contributed by atoms with Gasteiger partial charge in [0.05, 0.1) is 23.2 Å². The molecule has 1 saturated heterocycles. The monoisotopic (exact) mass is 408 g/mol. The van der Waals surface area contributed by atoms with Crippen molar-refractivity contribution < 1.29 is 13.2 Å². The predicted octanol–water partition coefficient (Wildman–Crippen LogP) is 3.24. The number of ether oxygens (including phenoxy) is 1. The van der Waals surface area contributed by atoms with Crippen molar-refractivity contribution in [2.24, 2.45) is 0 Å². The fraction of sp³-hybridized carbons (Fsp3) is 0.556. The maximum absolute atomic E-state index is 12.9. The number of nitrogens with zero attached hydrogens (tertiary/aromatic N) is 3. The molecule has 1 aliphatic heterocycles. The van der Waals surface area contributed by atoms with E-state index in [0.29, 0.717) is 25.5 Å². The van der Waals surface area contributed by atoms with E-state index in [1.807, 2.05) is 30.5 Å². The number of hydrogen-bond acceptors (Lipinski definition) is 7. The van der Waals surface area contributed by atoms with E-state index in [9.17, 15) is 8.42 Å². The highest BCUT2D eigenvalue weighted by molar-refractivity contribution is 7.89. The van der Waals surface area contributed by atoms with E-state index in [-0.39, 0.29) is 11.4 Å². The molecular weight excluding hydrogens is 384 g/mol. The molecule has 0 amide bonds. The van der Waals surface area contributed by atoms with Crippen molar-refractivity contribution in [2.75, 3.05) is 25.0 Å². The Balaban J connectivity index is 1.48. The van der Waals surface area contributed by atoms with Gasteiger partial charge >= 0.3 is 0 Å². The molecule has 0 bridgehead atoms. The summed E-state index contributed by atoms with van der Waals surface area (Å²) in [6.07, 6.45) is 3.20. The highest BCUT2D eigenvalue weighted by atomic mass is 32.2. The summed E-state index contributed by atoms with van der Waals surface area (Å²) in [6.45, 7) is 3.08. The lowest BCUT2D eigenvalue weighted by Gasteiger charge is -2.33. The molecule has 1 saturated carbocycles. The zero-order valence-corrected chi connectivity index (χ0v) is 16.9. The number of thiazole rings is 1. The van der Waals surface area contributed by atoms with Crippen LogP contribution in [0.3, 0.4) is 0 Å². The number of aromatic nitrogens is 2. The van der Waals surface area contributed by atoms with Gasteiger partial charge in [0.15, 0.2) is 5.13 Å². The van der Waals surface area contributed by atoms with Crippen LogP contribution in [0.5, 0.6) is 0 Å². The van der Waals surface area contributed by atoms with Crippen LogP contribution in [-0.4, -0.2) is 47.6 Å². The summed E-state index contributed by atoms with van der Waals surface area (Å²) in [7, 11) is -3.26. The molecule has 0 aromatic carbocycles. The van der Waals surface area contributed by atoms with Crippen molar-refractivity contribution in [3.8, 4) is 0 Å². The van der Waals surface area contributed by atoms with E-state index >= 15 is 0 Å². The number of aryl methyl sites for hydroxylation is 1. The third kappa shape index (κ3) is 4.16. The standard InChI is InChI=1S/C18H24N4O3S2/c1-13-12-26-18(19-13)21-17-8-4-7-15(20-17)16-11-22(9-10-25-16)27(23,24)14-5-2-3-6-14/h4,7-8,12,14,16H,2-3,5-6,9-11H2,1H3,(H,19,20,21)/t16-/m0/s1. The minimum absolute atomic E-state index is 0.231. The molecule has 1 aliphatic carbocycles. The largest absolute Gasteiger partial charge is 0.369 e. The second kappa shape index (κ2) is 7.83. The van der Waals surface area contributed by atoms with Crippen LogP contribution in [0.15, 0.2) is 23.6 Å².